The van der Waals surface area contributed by atoms with Crippen LogP contribution in [0.5, 0.6) is 0 Å². The highest BCUT2D eigenvalue weighted by Gasteiger charge is 2.29. The van der Waals surface area contributed by atoms with Crippen molar-refractivity contribution in [1.29, 1.82) is 0 Å². The maximum Gasteiger partial charge on any atom is 0.406 e. The number of halogens is 3. The number of unbranched alkanes of at least 4 members (excludes halogenated alkanes) is 2. The Labute approximate surface area is 130 Å². The molecule has 2 aromatic heterocycles. The lowest BCUT2D eigenvalue weighted by Crippen LogP contribution is -2.17. The SMILES string of the molecule is Cc1cnn(CCCCCSc2nncn2CC(F)(F)F)c1. The Morgan fingerprint density at radius 3 is 2.73 bits per heavy atom. The van der Waals surface area contributed by atoms with Crippen LogP contribution in [0.3, 0.4) is 0 Å². The molecule has 0 aromatic carbocycles. The normalized spacial score (nSPS) is 12.0. The summed E-state index contributed by atoms with van der Waals surface area (Å²) in [6, 6.07) is 0. The first-order valence-corrected chi connectivity index (χ1v) is 7.99. The van der Waals surface area contributed by atoms with Gasteiger partial charge in [-0.3, -0.25) is 9.25 Å². The van der Waals surface area contributed by atoms with Gasteiger partial charge in [0.05, 0.1) is 6.20 Å². The van der Waals surface area contributed by atoms with E-state index >= 15 is 0 Å². The molecule has 0 N–H and O–H groups in total. The topological polar surface area (TPSA) is 48.5 Å². The second-order valence-electron chi connectivity index (χ2n) is 5.05. The molecule has 0 atom stereocenters. The second-order valence-corrected chi connectivity index (χ2v) is 6.11. The van der Waals surface area contributed by atoms with Gasteiger partial charge in [0.1, 0.15) is 12.9 Å². The van der Waals surface area contributed by atoms with E-state index in [9.17, 15) is 13.2 Å². The molecule has 0 aliphatic carbocycles. The molecule has 2 aromatic rings. The molecule has 0 radical (unpaired) electrons. The zero-order chi connectivity index (χ0) is 16.0. The summed E-state index contributed by atoms with van der Waals surface area (Å²) in [6.45, 7) is 1.82. The summed E-state index contributed by atoms with van der Waals surface area (Å²) in [5.74, 6) is 0.731. The first-order valence-electron chi connectivity index (χ1n) is 7.00. The van der Waals surface area contributed by atoms with Crippen LogP contribution < -0.4 is 0 Å². The van der Waals surface area contributed by atoms with Gasteiger partial charge in [-0.25, -0.2) is 0 Å². The van der Waals surface area contributed by atoms with Gasteiger partial charge in [0.2, 0.25) is 0 Å². The quantitative estimate of drug-likeness (QED) is 0.549. The molecular formula is C13H18F3N5S. The van der Waals surface area contributed by atoms with E-state index < -0.39 is 12.7 Å². The van der Waals surface area contributed by atoms with Crippen LogP contribution in [0.4, 0.5) is 13.2 Å². The molecule has 0 saturated carbocycles. The molecule has 0 saturated heterocycles. The largest absolute Gasteiger partial charge is 0.406 e. The minimum absolute atomic E-state index is 0.319. The van der Waals surface area contributed by atoms with Crippen molar-refractivity contribution in [2.24, 2.45) is 0 Å². The average molecular weight is 333 g/mol. The highest BCUT2D eigenvalue weighted by molar-refractivity contribution is 7.99. The van der Waals surface area contributed by atoms with E-state index in [2.05, 4.69) is 15.3 Å². The fourth-order valence-electron chi connectivity index (χ4n) is 1.96. The third kappa shape index (κ3) is 5.70. The Bertz CT molecular complexity index is 578. The number of aromatic nitrogens is 5. The fourth-order valence-corrected chi connectivity index (χ4v) is 2.88. The Balaban J connectivity index is 1.64. The minimum atomic E-state index is -4.25. The molecule has 22 heavy (non-hydrogen) atoms. The second kappa shape index (κ2) is 7.66. The molecule has 122 valence electrons. The van der Waals surface area contributed by atoms with E-state index in [-0.39, 0.29) is 0 Å². The molecule has 0 unspecified atom stereocenters. The van der Waals surface area contributed by atoms with Gasteiger partial charge >= 0.3 is 6.18 Å². The summed E-state index contributed by atoms with van der Waals surface area (Å²) in [6.07, 6.45) is 3.60. The number of rotatable bonds is 8. The number of hydrogen-bond donors (Lipinski definition) is 0. The van der Waals surface area contributed by atoms with Gasteiger partial charge in [-0.05, 0) is 25.3 Å². The van der Waals surface area contributed by atoms with Crippen LogP contribution in [-0.2, 0) is 13.1 Å². The van der Waals surface area contributed by atoms with Crippen LogP contribution in [-0.4, -0.2) is 36.5 Å². The van der Waals surface area contributed by atoms with E-state index in [0.29, 0.717) is 5.16 Å². The highest BCUT2D eigenvalue weighted by Crippen LogP contribution is 2.22. The van der Waals surface area contributed by atoms with Gasteiger partial charge in [0.25, 0.3) is 0 Å². The van der Waals surface area contributed by atoms with Gasteiger partial charge in [-0.1, -0.05) is 18.2 Å². The smallest absolute Gasteiger partial charge is 0.299 e. The third-order valence-corrected chi connectivity index (χ3v) is 4.02. The standard InChI is InChI=1S/C13H18F3N5S/c1-11-7-18-21(8-11)5-3-2-4-6-22-12-19-17-10-20(12)9-13(14,15)16/h7-8,10H,2-6,9H2,1H3. The monoisotopic (exact) mass is 333 g/mol. The van der Waals surface area contributed by atoms with Gasteiger partial charge < -0.3 is 0 Å². The van der Waals surface area contributed by atoms with E-state index in [0.717, 1.165) is 48.0 Å². The maximum absolute atomic E-state index is 12.4. The van der Waals surface area contributed by atoms with Crippen LogP contribution >= 0.6 is 11.8 Å². The van der Waals surface area contributed by atoms with Crippen LogP contribution in [0.15, 0.2) is 23.9 Å². The van der Waals surface area contributed by atoms with Crippen molar-refractivity contribution in [1.82, 2.24) is 24.5 Å². The molecule has 9 heteroatoms. The summed E-state index contributed by atoms with van der Waals surface area (Å²) >= 11 is 1.31. The summed E-state index contributed by atoms with van der Waals surface area (Å²) in [4.78, 5) is 0. The Kier molecular flexibility index (Phi) is 5.87. The van der Waals surface area contributed by atoms with Crippen LogP contribution in [0, 0.1) is 6.92 Å². The van der Waals surface area contributed by atoms with Crippen LogP contribution in [0.2, 0.25) is 0 Å². The van der Waals surface area contributed by atoms with E-state index in [4.69, 9.17) is 0 Å². The average Bonchev–Trinajstić information content (AvgIpc) is 3.01. The fraction of sp³-hybridized carbons (Fsp3) is 0.615. The molecule has 0 fully saturated rings. The molecule has 2 rings (SSSR count). The summed E-state index contributed by atoms with van der Waals surface area (Å²) in [7, 11) is 0. The maximum atomic E-state index is 12.4. The number of nitrogens with zero attached hydrogens (tertiary/aromatic N) is 5. The summed E-state index contributed by atoms with van der Waals surface area (Å²) in [5.41, 5.74) is 1.14. The molecule has 2 heterocycles. The number of aryl methyl sites for hydroxylation is 2. The lowest BCUT2D eigenvalue weighted by atomic mass is 10.2. The van der Waals surface area contributed by atoms with Gasteiger partial charge in [-0.15, -0.1) is 10.2 Å². The number of thioether (sulfide) groups is 1. The van der Waals surface area contributed by atoms with Gasteiger partial charge in [0, 0.05) is 18.5 Å². The van der Waals surface area contributed by atoms with Crippen molar-refractivity contribution >= 4 is 11.8 Å². The first-order chi connectivity index (χ1) is 10.4. The Hall–Kier alpha value is -1.51. The van der Waals surface area contributed by atoms with Crippen LogP contribution in [0.1, 0.15) is 24.8 Å². The molecule has 0 bridgehead atoms. The molecular weight excluding hydrogens is 315 g/mol. The number of hydrogen-bond acceptors (Lipinski definition) is 4. The highest BCUT2D eigenvalue weighted by atomic mass is 32.2. The lowest BCUT2D eigenvalue weighted by Gasteiger charge is -2.09. The summed E-state index contributed by atoms with van der Waals surface area (Å²) < 4.78 is 40.0. The third-order valence-electron chi connectivity index (χ3n) is 2.95. The van der Waals surface area contributed by atoms with Crippen molar-refractivity contribution < 1.29 is 13.2 Å². The van der Waals surface area contributed by atoms with Crippen molar-refractivity contribution in [2.45, 2.75) is 50.6 Å². The van der Waals surface area contributed by atoms with E-state index in [1.54, 1.807) is 0 Å². The van der Waals surface area contributed by atoms with Gasteiger partial charge in [0.15, 0.2) is 5.16 Å². The first kappa shape index (κ1) is 16.9. The molecule has 0 aliphatic heterocycles. The molecule has 0 amide bonds. The van der Waals surface area contributed by atoms with Gasteiger partial charge in [-0.2, -0.15) is 18.3 Å². The Morgan fingerprint density at radius 1 is 1.23 bits per heavy atom. The van der Waals surface area contributed by atoms with Crippen molar-refractivity contribution in [3.8, 4) is 0 Å². The van der Waals surface area contributed by atoms with Crippen molar-refractivity contribution in [3.63, 3.8) is 0 Å². The van der Waals surface area contributed by atoms with Crippen molar-refractivity contribution in [2.75, 3.05) is 5.75 Å². The zero-order valence-electron chi connectivity index (χ0n) is 12.3. The molecule has 0 aliphatic rings. The minimum Gasteiger partial charge on any atom is -0.299 e. The number of alkyl halides is 3. The summed E-state index contributed by atoms with van der Waals surface area (Å²) in [5, 5.41) is 11.8. The van der Waals surface area contributed by atoms with E-state index in [1.165, 1.54) is 11.8 Å². The molecule has 5 nitrogen and oxygen atoms in total. The predicted octanol–water partition coefficient (Wildman–Crippen LogP) is 3.31. The van der Waals surface area contributed by atoms with Crippen molar-refractivity contribution in [3.05, 3.63) is 24.3 Å². The Morgan fingerprint density at radius 2 is 2.05 bits per heavy atom. The predicted molar refractivity (Wildman–Crippen MR) is 77.6 cm³/mol. The molecule has 0 spiro atoms. The van der Waals surface area contributed by atoms with Crippen LogP contribution in [0.25, 0.3) is 0 Å². The van der Waals surface area contributed by atoms with E-state index in [1.807, 2.05) is 24.0 Å². The zero-order valence-corrected chi connectivity index (χ0v) is 13.1. The lowest BCUT2D eigenvalue weighted by molar-refractivity contribution is -0.142.